The second-order valence-electron chi connectivity index (χ2n) is 11.5. The summed E-state index contributed by atoms with van der Waals surface area (Å²) in [6.45, 7) is 6.20. The first-order valence-electron chi connectivity index (χ1n) is 12.2. The predicted molar refractivity (Wildman–Crippen MR) is 138 cm³/mol. The van der Waals surface area contributed by atoms with Crippen LogP contribution in [0.4, 0.5) is 10.1 Å². The van der Waals surface area contributed by atoms with E-state index in [-0.39, 0.29) is 28.3 Å². The van der Waals surface area contributed by atoms with Gasteiger partial charge in [0, 0.05) is 28.7 Å². The Balaban J connectivity index is 1.70. The summed E-state index contributed by atoms with van der Waals surface area (Å²) >= 11 is 12.5. The third-order valence-electron chi connectivity index (χ3n) is 7.65. The normalized spacial score (nSPS) is 31.2. The first kappa shape index (κ1) is 25.5. The van der Waals surface area contributed by atoms with Crippen LogP contribution < -0.4 is 16.0 Å². The number of hydrogen-bond acceptors (Lipinski definition) is 4. The van der Waals surface area contributed by atoms with Crippen molar-refractivity contribution in [1.29, 1.82) is 0 Å². The van der Waals surface area contributed by atoms with Gasteiger partial charge in [0.25, 0.3) is 0 Å². The number of anilines is 1. The Hall–Kier alpha value is -2.19. The van der Waals surface area contributed by atoms with Gasteiger partial charge in [-0.25, -0.2) is 4.39 Å². The minimum absolute atomic E-state index is 0.0819. The van der Waals surface area contributed by atoms with Crippen molar-refractivity contribution in [3.8, 4) is 0 Å². The molecule has 1 aliphatic carbocycles. The van der Waals surface area contributed by atoms with Gasteiger partial charge in [-0.3, -0.25) is 9.59 Å². The zero-order valence-electron chi connectivity index (χ0n) is 20.4. The summed E-state index contributed by atoms with van der Waals surface area (Å²) in [5, 5.41) is 19.5. The molecule has 4 atom stereocenters. The average molecular weight is 534 g/mol. The van der Waals surface area contributed by atoms with Crippen LogP contribution in [0, 0.1) is 11.2 Å². The highest BCUT2D eigenvalue weighted by Gasteiger charge is 2.66. The summed E-state index contributed by atoms with van der Waals surface area (Å²) in [5.74, 6) is -1.86. The van der Waals surface area contributed by atoms with E-state index < -0.39 is 35.3 Å². The SMILES string of the molecule is CC(C)(C)CC1NC(C(=O)NC2CC(O)C2)C(c2cccc(Cl)c2)C12C(=O)Nc1cc(Cl)c(F)cc12. The first-order chi connectivity index (χ1) is 16.9. The molecular weight excluding hydrogens is 504 g/mol. The molecule has 4 unspecified atom stereocenters. The Bertz CT molecular complexity index is 1230. The number of halogens is 3. The molecule has 4 N–H and O–H groups in total. The monoisotopic (exact) mass is 533 g/mol. The van der Waals surface area contributed by atoms with Crippen molar-refractivity contribution in [1.82, 2.24) is 10.6 Å². The Morgan fingerprint density at radius 1 is 1.22 bits per heavy atom. The van der Waals surface area contributed by atoms with Crippen LogP contribution >= 0.6 is 23.2 Å². The Kier molecular flexibility index (Phi) is 6.35. The Morgan fingerprint density at radius 3 is 2.58 bits per heavy atom. The maximum Gasteiger partial charge on any atom is 0.238 e. The second kappa shape index (κ2) is 8.98. The lowest BCUT2D eigenvalue weighted by molar-refractivity contribution is -0.125. The van der Waals surface area contributed by atoms with E-state index in [0.717, 1.165) is 0 Å². The van der Waals surface area contributed by atoms with Crippen molar-refractivity contribution in [2.24, 2.45) is 5.41 Å². The molecular formula is C27H30Cl2FN3O3. The van der Waals surface area contributed by atoms with Crippen LogP contribution in [0.2, 0.25) is 10.0 Å². The number of carbonyl (C=O) groups is 2. The fraction of sp³-hybridized carbons (Fsp3) is 0.481. The summed E-state index contributed by atoms with van der Waals surface area (Å²) in [7, 11) is 0. The third kappa shape index (κ3) is 4.20. The molecule has 2 fully saturated rings. The molecule has 0 aromatic heterocycles. The van der Waals surface area contributed by atoms with Gasteiger partial charge >= 0.3 is 0 Å². The molecule has 0 radical (unpaired) electrons. The van der Waals surface area contributed by atoms with Crippen molar-refractivity contribution < 1.29 is 19.1 Å². The molecule has 3 aliphatic rings. The molecule has 9 heteroatoms. The van der Waals surface area contributed by atoms with E-state index in [0.29, 0.717) is 41.1 Å². The van der Waals surface area contributed by atoms with Crippen LogP contribution in [-0.2, 0) is 15.0 Å². The second-order valence-corrected chi connectivity index (χ2v) is 12.3. The van der Waals surface area contributed by atoms with Crippen LogP contribution in [0.1, 0.15) is 57.1 Å². The van der Waals surface area contributed by atoms with Gasteiger partial charge in [-0.1, -0.05) is 56.1 Å². The van der Waals surface area contributed by atoms with Gasteiger partial charge in [0.2, 0.25) is 11.8 Å². The number of fused-ring (bicyclic) bond motifs is 2. The lowest BCUT2D eigenvalue weighted by Crippen LogP contribution is -2.53. The number of carbonyl (C=O) groups excluding carboxylic acids is 2. The van der Waals surface area contributed by atoms with Crippen LogP contribution in [0.15, 0.2) is 36.4 Å². The van der Waals surface area contributed by atoms with Gasteiger partial charge in [-0.15, -0.1) is 0 Å². The minimum Gasteiger partial charge on any atom is -0.393 e. The standard InChI is InChI=1S/C27H30Cl2FN3O3/c1-26(2,3)12-21-27(17-10-19(30)18(29)11-20(17)32-25(27)36)22(13-5-4-6-14(28)7-13)23(33-21)24(35)31-15-8-16(34)9-15/h4-7,10-11,15-16,21-23,33-34H,8-9,12H2,1-3H3,(H,31,35)(H,32,36). The van der Waals surface area contributed by atoms with E-state index in [1.165, 1.54) is 12.1 Å². The highest BCUT2D eigenvalue weighted by molar-refractivity contribution is 6.31. The van der Waals surface area contributed by atoms with E-state index in [4.69, 9.17) is 23.2 Å². The topological polar surface area (TPSA) is 90.5 Å². The van der Waals surface area contributed by atoms with E-state index >= 15 is 0 Å². The molecule has 1 saturated carbocycles. The van der Waals surface area contributed by atoms with E-state index in [2.05, 4.69) is 36.7 Å². The number of nitrogens with one attached hydrogen (secondary N) is 3. The molecule has 2 amide bonds. The number of aliphatic hydroxyl groups excluding tert-OH is 1. The van der Waals surface area contributed by atoms with Crippen LogP contribution in [0.3, 0.4) is 0 Å². The van der Waals surface area contributed by atoms with Crippen molar-refractivity contribution >= 4 is 40.7 Å². The van der Waals surface area contributed by atoms with E-state index in [1.807, 2.05) is 6.07 Å². The first-order valence-corrected chi connectivity index (χ1v) is 13.0. The van der Waals surface area contributed by atoms with Crippen molar-refractivity contribution in [2.75, 3.05) is 5.32 Å². The molecule has 1 spiro atoms. The molecule has 192 valence electrons. The summed E-state index contributed by atoms with van der Waals surface area (Å²) in [5.41, 5.74) is 0.150. The molecule has 0 bridgehead atoms. The number of aliphatic hydroxyl groups is 1. The summed E-state index contributed by atoms with van der Waals surface area (Å²) in [6, 6.07) is 8.50. The average Bonchev–Trinajstić information content (AvgIpc) is 3.22. The van der Waals surface area contributed by atoms with Gasteiger partial charge in [0.15, 0.2) is 0 Å². The van der Waals surface area contributed by atoms with Crippen molar-refractivity contribution in [2.45, 2.75) is 75.6 Å². The maximum atomic E-state index is 14.9. The van der Waals surface area contributed by atoms with E-state index in [9.17, 15) is 19.1 Å². The number of benzene rings is 2. The summed E-state index contributed by atoms with van der Waals surface area (Å²) < 4.78 is 14.9. The van der Waals surface area contributed by atoms with Crippen LogP contribution in [-0.4, -0.2) is 41.2 Å². The molecule has 2 aliphatic heterocycles. The maximum absolute atomic E-state index is 14.9. The van der Waals surface area contributed by atoms with E-state index in [1.54, 1.807) is 18.2 Å². The Labute approximate surface area is 219 Å². The van der Waals surface area contributed by atoms with Gasteiger partial charge in [-0.05, 0) is 60.1 Å². The quantitative estimate of drug-likeness (QED) is 0.465. The molecule has 2 heterocycles. The summed E-state index contributed by atoms with van der Waals surface area (Å²) in [6.07, 6.45) is 1.11. The zero-order chi connectivity index (χ0) is 26.0. The lowest BCUT2D eigenvalue weighted by Gasteiger charge is -2.38. The molecule has 36 heavy (non-hydrogen) atoms. The minimum atomic E-state index is -1.28. The fourth-order valence-electron chi connectivity index (χ4n) is 6.13. The fourth-order valence-corrected chi connectivity index (χ4v) is 6.49. The van der Waals surface area contributed by atoms with Crippen LogP contribution in [0.25, 0.3) is 0 Å². The summed E-state index contributed by atoms with van der Waals surface area (Å²) in [4.78, 5) is 27.7. The van der Waals surface area contributed by atoms with Crippen LogP contribution in [0.5, 0.6) is 0 Å². The van der Waals surface area contributed by atoms with Crippen molar-refractivity contribution in [3.05, 3.63) is 63.4 Å². The van der Waals surface area contributed by atoms with Crippen molar-refractivity contribution in [3.63, 3.8) is 0 Å². The predicted octanol–water partition coefficient (Wildman–Crippen LogP) is 4.52. The smallest absolute Gasteiger partial charge is 0.238 e. The highest BCUT2D eigenvalue weighted by Crippen LogP contribution is 2.57. The lowest BCUT2D eigenvalue weighted by atomic mass is 9.62. The zero-order valence-corrected chi connectivity index (χ0v) is 21.9. The largest absolute Gasteiger partial charge is 0.393 e. The number of rotatable bonds is 4. The molecule has 2 aromatic rings. The molecule has 6 nitrogen and oxygen atoms in total. The third-order valence-corrected chi connectivity index (χ3v) is 8.18. The molecule has 5 rings (SSSR count). The molecule has 1 saturated heterocycles. The highest BCUT2D eigenvalue weighted by atomic mass is 35.5. The number of hydrogen-bond donors (Lipinski definition) is 4. The Morgan fingerprint density at radius 2 is 1.94 bits per heavy atom. The van der Waals surface area contributed by atoms with Gasteiger partial charge in [0.05, 0.1) is 17.2 Å². The number of amides is 2. The van der Waals surface area contributed by atoms with Gasteiger partial charge in [-0.2, -0.15) is 0 Å². The van der Waals surface area contributed by atoms with Gasteiger partial charge in [0.1, 0.15) is 11.2 Å². The van der Waals surface area contributed by atoms with Gasteiger partial charge < -0.3 is 21.1 Å². The molecule has 2 aromatic carbocycles.